The van der Waals surface area contributed by atoms with E-state index in [0.29, 0.717) is 5.56 Å². The average molecular weight is 462 g/mol. The number of carbonyl (C=O) groups is 1. The molecule has 0 aliphatic heterocycles. The molecule has 5 nitrogen and oxygen atoms in total. The average Bonchev–Trinajstić information content (AvgIpc) is 3.13. The standard InChI is InChI=1S/C17H9BrF5N3O2/c18-11-5-8(1-4-12(11)19)7-24-15(27)10-3-2-9(6-13(10)20)14-25-16(28-26-14)17(21,22)23/h1-6H,7H2,(H,24,27). The molecule has 0 aliphatic carbocycles. The van der Waals surface area contributed by atoms with Gasteiger partial charge in [-0.2, -0.15) is 18.2 Å². The number of alkyl halides is 3. The van der Waals surface area contributed by atoms with Gasteiger partial charge in [0.2, 0.25) is 5.82 Å². The molecule has 0 saturated heterocycles. The van der Waals surface area contributed by atoms with Gasteiger partial charge in [-0.15, -0.1) is 0 Å². The molecule has 146 valence electrons. The van der Waals surface area contributed by atoms with E-state index < -0.39 is 35.4 Å². The monoisotopic (exact) mass is 461 g/mol. The second-order valence-corrected chi connectivity index (χ2v) is 6.40. The fourth-order valence-corrected chi connectivity index (χ4v) is 2.65. The predicted molar refractivity (Wildman–Crippen MR) is 90.0 cm³/mol. The molecule has 28 heavy (non-hydrogen) atoms. The van der Waals surface area contributed by atoms with E-state index in [1.165, 1.54) is 24.3 Å². The summed E-state index contributed by atoms with van der Waals surface area (Å²) in [5.41, 5.74) is 0.158. The summed E-state index contributed by atoms with van der Waals surface area (Å²) in [5, 5.41) is 5.62. The molecular weight excluding hydrogens is 453 g/mol. The topological polar surface area (TPSA) is 68.0 Å². The second-order valence-electron chi connectivity index (χ2n) is 5.55. The Balaban J connectivity index is 1.73. The van der Waals surface area contributed by atoms with Crippen LogP contribution in [-0.2, 0) is 12.7 Å². The van der Waals surface area contributed by atoms with Crippen LogP contribution < -0.4 is 5.32 Å². The maximum atomic E-state index is 14.2. The Morgan fingerprint density at radius 3 is 2.46 bits per heavy atom. The highest BCUT2D eigenvalue weighted by molar-refractivity contribution is 9.10. The number of hydrogen-bond acceptors (Lipinski definition) is 4. The highest BCUT2D eigenvalue weighted by Crippen LogP contribution is 2.29. The molecule has 0 bridgehead atoms. The van der Waals surface area contributed by atoms with E-state index in [1.54, 1.807) is 0 Å². The number of halogens is 6. The molecule has 0 aliphatic rings. The van der Waals surface area contributed by atoms with E-state index in [-0.39, 0.29) is 22.1 Å². The summed E-state index contributed by atoms with van der Waals surface area (Å²) in [6.07, 6.45) is -4.82. The molecule has 0 spiro atoms. The quantitative estimate of drug-likeness (QED) is 0.570. The Hall–Kier alpha value is -2.82. The lowest BCUT2D eigenvalue weighted by molar-refractivity contribution is -0.159. The summed E-state index contributed by atoms with van der Waals surface area (Å²) in [4.78, 5) is 15.3. The number of rotatable bonds is 4. The third-order valence-electron chi connectivity index (χ3n) is 3.58. The molecule has 0 fully saturated rings. The van der Waals surface area contributed by atoms with E-state index in [9.17, 15) is 26.7 Å². The van der Waals surface area contributed by atoms with Gasteiger partial charge in [0.1, 0.15) is 11.6 Å². The first-order valence-electron chi connectivity index (χ1n) is 7.58. The molecule has 1 aromatic heterocycles. The van der Waals surface area contributed by atoms with Crippen molar-refractivity contribution >= 4 is 21.8 Å². The lowest BCUT2D eigenvalue weighted by Crippen LogP contribution is -2.23. The van der Waals surface area contributed by atoms with Crippen LogP contribution in [0, 0.1) is 11.6 Å². The zero-order valence-electron chi connectivity index (χ0n) is 13.6. The molecule has 0 radical (unpaired) electrons. The predicted octanol–water partition coefficient (Wildman–Crippen LogP) is 4.73. The number of amides is 1. The summed E-state index contributed by atoms with van der Waals surface area (Å²) >= 11 is 3.02. The highest BCUT2D eigenvalue weighted by atomic mass is 79.9. The molecule has 0 atom stereocenters. The summed E-state index contributed by atoms with van der Waals surface area (Å²) < 4.78 is 69.2. The van der Waals surface area contributed by atoms with Gasteiger partial charge in [0, 0.05) is 12.1 Å². The lowest BCUT2D eigenvalue weighted by Gasteiger charge is -2.08. The summed E-state index contributed by atoms with van der Waals surface area (Å²) in [6, 6.07) is 7.23. The zero-order chi connectivity index (χ0) is 20.5. The van der Waals surface area contributed by atoms with Crippen molar-refractivity contribution in [1.82, 2.24) is 15.5 Å². The van der Waals surface area contributed by atoms with Gasteiger partial charge in [-0.3, -0.25) is 4.79 Å². The van der Waals surface area contributed by atoms with E-state index in [0.717, 1.165) is 12.1 Å². The van der Waals surface area contributed by atoms with Crippen LogP contribution in [0.2, 0.25) is 0 Å². The summed E-state index contributed by atoms with van der Waals surface area (Å²) in [7, 11) is 0. The van der Waals surface area contributed by atoms with Crippen LogP contribution in [0.15, 0.2) is 45.4 Å². The molecule has 0 unspecified atom stereocenters. The minimum absolute atomic E-state index is 0.0126. The molecule has 1 N–H and O–H groups in total. The Labute approximate surface area is 162 Å². The first-order valence-corrected chi connectivity index (χ1v) is 8.37. The maximum Gasteiger partial charge on any atom is 0.471 e. The summed E-state index contributed by atoms with van der Waals surface area (Å²) in [6.45, 7) is 0.0126. The van der Waals surface area contributed by atoms with Crippen molar-refractivity contribution in [1.29, 1.82) is 0 Å². The number of benzene rings is 2. The number of carbonyl (C=O) groups excluding carboxylic acids is 1. The van der Waals surface area contributed by atoms with E-state index in [2.05, 4.69) is 35.9 Å². The van der Waals surface area contributed by atoms with Gasteiger partial charge in [-0.1, -0.05) is 17.3 Å². The van der Waals surface area contributed by atoms with Crippen molar-refractivity contribution in [2.24, 2.45) is 0 Å². The van der Waals surface area contributed by atoms with Crippen LogP contribution in [0.25, 0.3) is 11.4 Å². The molecule has 1 amide bonds. The third kappa shape index (κ3) is 4.35. The van der Waals surface area contributed by atoms with Gasteiger partial charge in [-0.25, -0.2) is 8.78 Å². The molecule has 1 heterocycles. The fourth-order valence-electron chi connectivity index (χ4n) is 2.22. The minimum atomic E-state index is -4.82. The van der Waals surface area contributed by atoms with Crippen LogP contribution in [0.1, 0.15) is 21.8 Å². The van der Waals surface area contributed by atoms with Crippen molar-refractivity contribution < 1.29 is 31.3 Å². The van der Waals surface area contributed by atoms with Crippen molar-refractivity contribution in [2.75, 3.05) is 0 Å². The van der Waals surface area contributed by atoms with E-state index >= 15 is 0 Å². The first kappa shape index (κ1) is 19.9. The van der Waals surface area contributed by atoms with Gasteiger partial charge in [0.05, 0.1) is 10.0 Å². The molecule has 11 heteroatoms. The normalized spacial score (nSPS) is 11.5. The second kappa shape index (κ2) is 7.66. The number of nitrogens with one attached hydrogen (secondary N) is 1. The maximum absolute atomic E-state index is 14.2. The lowest BCUT2D eigenvalue weighted by atomic mass is 10.1. The van der Waals surface area contributed by atoms with Gasteiger partial charge in [0.15, 0.2) is 0 Å². The zero-order valence-corrected chi connectivity index (χ0v) is 15.2. The van der Waals surface area contributed by atoms with Gasteiger partial charge in [-0.05, 0) is 45.8 Å². The number of nitrogens with zero attached hydrogens (tertiary/aromatic N) is 2. The fraction of sp³-hybridized carbons (Fsp3) is 0.118. The molecule has 3 aromatic rings. The SMILES string of the molecule is O=C(NCc1ccc(F)c(Br)c1)c1ccc(-c2noc(C(F)(F)F)n2)cc1F. The van der Waals surface area contributed by atoms with Crippen molar-refractivity contribution in [2.45, 2.75) is 12.7 Å². The minimum Gasteiger partial charge on any atom is -0.348 e. The largest absolute Gasteiger partial charge is 0.471 e. The Kier molecular flexibility index (Phi) is 5.45. The van der Waals surface area contributed by atoms with Crippen molar-refractivity contribution in [3.63, 3.8) is 0 Å². The third-order valence-corrected chi connectivity index (χ3v) is 4.19. The first-order chi connectivity index (χ1) is 13.1. The summed E-state index contributed by atoms with van der Waals surface area (Å²) in [5.74, 6) is -4.22. The van der Waals surface area contributed by atoms with Crippen LogP contribution in [0.5, 0.6) is 0 Å². The Morgan fingerprint density at radius 1 is 1.11 bits per heavy atom. The van der Waals surface area contributed by atoms with Crippen molar-refractivity contribution in [3.8, 4) is 11.4 Å². The Bertz CT molecular complexity index is 1040. The van der Waals surface area contributed by atoms with Crippen LogP contribution in [-0.4, -0.2) is 16.0 Å². The molecule has 0 saturated carbocycles. The van der Waals surface area contributed by atoms with Crippen LogP contribution in [0.4, 0.5) is 22.0 Å². The van der Waals surface area contributed by atoms with Gasteiger partial charge in [0.25, 0.3) is 5.91 Å². The number of hydrogen-bond donors (Lipinski definition) is 1. The molecular formula is C17H9BrF5N3O2. The smallest absolute Gasteiger partial charge is 0.348 e. The molecule has 3 rings (SSSR count). The van der Waals surface area contributed by atoms with Crippen LogP contribution in [0.3, 0.4) is 0 Å². The number of aromatic nitrogens is 2. The Morgan fingerprint density at radius 2 is 1.86 bits per heavy atom. The molecule has 2 aromatic carbocycles. The van der Waals surface area contributed by atoms with Gasteiger partial charge < -0.3 is 9.84 Å². The van der Waals surface area contributed by atoms with Crippen molar-refractivity contribution in [3.05, 3.63) is 69.5 Å². The van der Waals surface area contributed by atoms with Crippen LogP contribution >= 0.6 is 15.9 Å². The van der Waals surface area contributed by atoms with E-state index in [4.69, 9.17) is 0 Å². The van der Waals surface area contributed by atoms with E-state index in [1.807, 2.05) is 0 Å². The van der Waals surface area contributed by atoms with Gasteiger partial charge >= 0.3 is 12.1 Å². The highest BCUT2D eigenvalue weighted by Gasteiger charge is 2.38.